The van der Waals surface area contributed by atoms with E-state index in [0.29, 0.717) is 23.3 Å². The van der Waals surface area contributed by atoms with Gasteiger partial charge < -0.3 is 15.5 Å². The number of methoxy groups -OCH3 is 1. The number of anilines is 1. The topological polar surface area (TPSA) is 129 Å². The fourth-order valence-electron chi connectivity index (χ4n) is 4.28. The second-order valence-corrected chi connectivity index (χ2v) is 7.92. The minimum absolute atomic E-state index is 0.222. The molecule has 0 aliphatic carbocycles. The van der Waals surface area contributed by atoms with E-state index in [2.05, 4.69) is 48.0 Å². The van der Waals surface area contributed by atoms with Crippen LogP contribution in [0.1, 0.15) is 11.1 Å². The highest BCUT2D eigenvalue weighted by Crippen LogP contribution is 2.29. The average molecular weight is 441 g/mol. The molecule has 9 heteroatoms. The van der Waals surface area contributed by atoms with Crippen LogP contribution < -0.4 is 16.0 Å². The lowest BCUT2D eigenvalue weighted by molar-refractivity contribution is 0.289. The van der Waals surface area contributed by atoms with Gasteiger partial charge in [0.25, 0.3) is 0 Å². The number of nitrogens with zero attached hydrogens (tertiary/aromatic N) is 5. The third-order valence-corrected chi connectivity index (χ3v) is 5.80. The summed E-state index contributed by atoms with van der Waals surface area (Å²) in [5.41, 5.74) is 11.8. The lowest BCUT2D eigenvalue weighted by atomic mass is 9.92. The lowest BCUT2D eigenvalue weighted by Crippen LogP contribution is -2.35. The highest BCUT2D eigenvalue weighted by atomic mass is 16.5. The van der Waals surface area contributed by atoms with Crippen LogP contribution in [0.5, 0.6) is 5.75 Å². The minimum atomic E-state index is 0.222. The molecule has 3 heterocycles. The molecule has 0 saturated heterocycles. The van der Waals surface area contributed by atoms with Gasteiger partial charge in [-0.25, -0.2) is 19.9 Å². The van der Waals surface area contributed by atoms with Crippen LogP contribution in [0.4, 0.5) is 5.95 Å². The van der Waals surface area contributed by atoms with E-state index in [4.69, 9.17) is 15.9 Å². The first kappa shape index (κ1) is 20.8. The molecule has 5 rings (SSSR count). The number of aromatic nitrogens is 4. The number of nitrogens with one attached hydrogen (secondary N) is 2. The van der Waals surface area contributed by atoms with Crippen LogP contribution in [-0.2, 0) is 13.0 Å². The van der Waals surface area contributed by atoms with Crippen molar-refractivity contribution in [3.63, 3.8) is 0 Å². The number of H-pyrrole nitrogens is 1. The highest BCUT2D eigenvalue weighted by Gasteiger charge is 2.20. The maximum absolute atomic E-state index is 8.57. The molecule has 1 aliphatic heterocycles. The van der Waals surface area contributed by atoms with Crippen molar-refractivity contribution in [1.82, 2.24) is 24.8 Å². The fraction of sp³-hybridized carbons (Fsp3) is 0.208. The molecule has 166 valence electrons. The Morgan fingerprint density at radius 3 is 2.85 bits per heavy atom. The molecule has 0 radical (unpaired) electrons. The molecular formula is C24H24N8O. The fourth-order valence-corrected chi connectivity index (χ4v) is 4.28. The third kappa shape index (κ3) is 4.18. The number of fused-ring (bicyclic) bond motifs is 2. The van der Waals surface area contributed by atoms with Crippen molar-refractivity contribution in [2.75, 3.05) is 25.9 Å². The van der Waals surface area contributed by atoms with Crippen molar-refractivity contribution < 1.29 is 4.74 Å². The molecule has 2 aromatic heterocycles. The van der Waals surface area contributed by atoms with Crippen molar-refractivity contribution in [2.24, 2.45) is 4.99 Å². The van der Waals surface area contributed by atoms with E-state index in [9.17, 15) is 0 Å². The van der Waals surface area contributed by atoms with Crippen molar-refractivity contribution in [3.05, 3.63) is 71.7 Å². The molecule has 0 bridgehead atoms. The number of amidine groups is 1. The van der Waals surface area contributed by atoms with E-state index in [1.165, 1.54) is 17.5 Å². The molecule has 1 aliphatic rings. The predicted molar refractivity (Wildman–Crippen MR) is 127 cm³/mol. The Morgan fingerprint density at radius 1 is 1.21 bits per heavy atom. The summed E-state index contributed by atoms with van der Waals surface area (Å²) in [4.78, 5) is 22.4. The van der Waals surface area contributed by atoms with Gasteiger partial charge in [0.05, 0.1) is 13.7 Å². The molecule has 9 nitrogen and oxygen atoms in total. The second-order valence-electron chi connectivity index (χ2n) is 7.92. The smallest absolute Gasteiger partial charge is 0.199 e. The molecule has 0 unspecified atom stereocenters. The molecule has 2 aromatic carbocycles. The van der Waals surface area contributed by atoms with Crippen LogP contribution in [0.3, 0.4) is 0 Å². The highest BCUT2D eigenvalue weighted by molar-refractivity contribution is 5.87. The molecule has 0 saturated carbocycles. The first-order valence-electron chi connectivity index (χ1n) is 10.7. The van der Waals surface area contributed by atoms with Crippen LogP contribution in [0, 0.1) is 5.41 Å². The van der Waals surface area contributed by atoms with Gasteiger partial charge in [0, 0.05) is 36.4 Å². The van der Waals surface area contributed by atoms with Crippen LogP contribution in [0.2, 0.25) is 0 Å². The SMILES string of the molecule is COc1cccc2/c(=N/C(=N)CN3CCc4cccc(-c5cncnc5)c4C3)[nH]c(N)nc12. The lowest BCUT2D eigenvalue weighted by Gasteiger charge is -2.29. The maximum atomic E-state index is 8.57. The third-order valence-electron chi connectivity index (χ3n) is 5.80. The van der Waals surface area contributed by atoms with E-state index >= 15 is 0 Å². The number of hydrogen-bond donors (Lipinski definition) is 3. The molecule has 0 spiro atoms. The Bertz CT molecular complexity index is 1400. The van der Waals surface area contributed by atoms with Gasteiger partial charge >= 0.3 is 0 Å². The summed E-state index contributed by atoms with van der Waals surface area (Å²) in [6.45, 7) is 2.01. The summed E-state index contributed by atoms with van der Waals surface area (Å²) in [6, 6.07) is 11.9. The van der Waals surface area contributed by atoms with E-state index in [1.54, 1.807) is 7.11 Å². The Labute approximate surface area is 190 Å². The number of nitrogen functional groups attached to an aromatic ring is 1. The molecule has 4 N–H and O–H groups in total. The van der Waals surface area contributed by atoms with Gasteiger partial charge in [-0.05, 0) is 35.2 Å². The molecule has 0 atom stereocenters. The second kappa shape index (κ2) is 8.79. The summed E-state index contributed by atoms with van der Waals surface area (Å²) < 4.78 is 5.40. The quantitative estimate of drug-likeness (QED) is 0.330. The van der Waals surface area contributed by atoms with Gasteiger partial charge in [0.1, 0.15) is 28.9 Å². The predicted octanol–water partition coefficient (Wildman–Crippen LogP) is 2.55. The zero-order chi connectivity index (χ0) is 22.8. The largest absolute Gasteiger partial charge is 0.494 e. The first-order valence-corrected chi connectivity index (χ1v) is 10.7. The molecule has 0 fully saturated rings. The molecule has 33 heavy (non-hydrogen) atoms. The van der Waals surface area contributed by atoms with Crippen LogP contribution in [0.15, 0.2) is 60.1 Å². The number of aromatic amines is 1. The maximum Gasteiger partial charge on any atom is 0.199 e. The summed E-state index contributed by atoms with van der Waals surface area (Å²) in [5.74, 6) is 1.08. The van der Waals surface area contributed by atoms with Crippen LogP contribution in [-0.4, -0.2) is 50.9 Å². The first-order chi connectivity index (χ1) is 16.1. The molecular weight excluding hydrogens is 416 g/mol. The van der Waals surface area contributed by atoms with Gasteiger partial charge in [-0.3, -0.25) is 10.3 Å². The van der Waals surface area contributed by atoms with Crippen molar-refractivity contribution in [2.45, 2.75) is 13.0 Å². The van der Waals surface area contributed by atoms with Gasteiger partial charge in [-0.2, -0.15) is 0 Å². The normalized spacial score (nSPS) is 14.3. The van der Waals surface area contributed by atoms with E-state index in [-0.39, 0.29) is 11.8 Å². The van der Waals surface area contributed by atoms with Crippen LogP contribution in [0.25, 0.3) is 22.0 Å². The van der Waals surface area contributed by atoms with Crippen molar-refractivity contribution in [3.8, 4) is 16.9 Å². The van der Waals surface area contributed by atoms with Crippen LogP contribution >= 0.6 is 0 Å². The van der Waals surface area contributed by atoms with Gasteiger partial charge in [0.15, 0.2) is 5.95 Å². The average Bonchev–Trinajstić information content (AvgIpc) is 2.83. The number of para-hydroxylation sites is 1. The molecule has 4 aromatic rings. The molecule has 0 amide bonds. The Hall–Kier alpha value is -4.11. The van der Waals surface area contributed by atoms with Gasteiger partial charge in [-0.15, -0.1) is 0 Å². The summed E-state index contributed by atoms with van der Waals surface area (Å²) >= 11 is 0. The monoisotopic (exact) mass is 440 g/mol. The van der Waals surface area contributed by atoms with Crippen molar-refractivity contribution in [1.29, 1.82) is 5.41 Å². The summed E-state index contributed by atoms with van der Waals surface area (Å²) in [6.07, 6.45) is 6.12. The zero-order valence-corrected chi connectivity index (χ0v) is 18.2. The number of nitrogens with two attached hydrogens (primary N) is 1. The van der Waals surface area contributed by atoms with E-state index < -0.39 is 0 Å². The number of hydrogen-bond acceptors (Lipinski definition) is 7. The van der Waals surface area contributed by atoms with Gasteiger partial charge in [0.2, 0.25) is 0 Å². The Balaban J connectivity index is 1.43. The number of benzene rings is 2. The van der Waals surface area contributed by atoms with E-state index in [1.807, 2.05) is 30.6 Å². The van der Waals surface area contributed by atoms with Crippen molar-refractivity contribution >= 4 is 22.7 Å². The van der Waals surface area contributed by atoms with Gasteiger partial charge in [-0.1, -0.05) is 24.3 Å². The standard InChI is InChI=1S/C24H24N8O/c1-33-20-7-3-6-18-22(20)30-24(26)31-23(18)29-21(25)13-32-9-8-15-4-2-5-17(19(15)12-32)16-10-27-14-28-11-16/h2-7,10-11,14H,8-9,12-13H2,1H3,(H4,25,26,29,30,31). The Morgan fingerprint density at radius 2 is 2.03 bits per heavy atom. The number of ether oxygens (including phenoxy) is 1. The zero-order valence-electron chi connectivity index (χ0n) is 18.2. The van der Waals surface area contributed by atoms with E-state index in [0.717, 1.165) is 36.0 Å². The summed E-state index contributed by atoms with van der Waals surface area (Å²) in [7, 11) is 1.59. The Kier molecular flexibility index (Phi) is 5.54. The summed E-state index contributed by atoms with van der Waals surface area (Å²) in [5, 5.41) is 9.32. The number of rotatable bonds is 4. The minimum Gasteiger partial charge on any atom is -0.494 e.